The molecule has 0 spiro atoms. The summed E-state index contributed by atoms with van der Waals surface area (Å²) in [7, 11) is -9.94. The van der Waals surface area contributed by atoms with Crippen LogP contribution in [0.3, 0.4) is 0 Å². The monoisotopic (exact) mass is 1570 g/mol. The number of allylic oxidation sites excluding steroid dienone is 4. The molecule has 0 aliphatic carbocycles. The quantitative estimate of drug-likeness (QED) is 0.0169. The minimum absolute atomic E-state index is 0.0860. The number of carbonyl (C=O) groups is 4. The second-order valence-electron chi connectivity index (χ2n) is 31.8. The van der Waals surface area contributed by atoms with E-state index in [1.54, 1.807) is 0 Å². The van der Waals surface area contributed by atoms with Gasteiger partial charge in [0.25, 0.3) is 0 Å². The highest BCUT2D eigenvalue weighted by atomic mass is 31.2. The normalized spacial score (nSPS) is 13.9. The first kappa shape index (κ1) is 106. The van der Waals surface area contributed by atoms with Crippen LogP contribution in [-0.4, -0.2) is 96.7 Å². The van der Waals surface area contributed by atoms with Crippen molar-refractivity contribution < 1.29 is 80.2 Å². The van der Waals surface area contributed by atoms with Gasteiger partial charge in [-0.05, 0) is 57.3 Å². The molecule has 0 heterocycles. The van der Waals surface area contributed by atoms with E-state index in [2.05, 4.69) is 58.9 Å². The minimum atomic E-state index is -4.97. The summed E-state index contributed by atoms with van der Waals surface area (Å²) < 4.78 is 69.0. The van der Waals surface area contributed by atoms with Crippen molar-refractivity contribution in [2.45, 2.75) is 477 Å². The van der Waals surface area contributed by atoms with Crippen LogP contribution in [0.1, 0.15) is 458 Å². The fraction of sp³-hybridized carbons (Fsp3) is 0.910. The Morgan fingerprint density at radius 2 is 0.500 bits per heavy atom. The summed E-state index contributed by atoms with van der Waals surface area (Å²) in [5, 5.41) is 10.7. The summed E-state index contributed by atoms with van der Waals surface area (Å²) in [4.78, 5) is 73.3. The highest BCUT2D eigenvalue weighted by molar-refractivity contribution is 7.47. The van der Waals surface area contributed by atoms with Crippen molar-refractivity contribution in [3.8, 4) is 0 Å². The molecule has 638 valence electrons. The Kier molecular flexibility index (Phi) is 79.3. The molecular weight excluding hydrogens is 1400 g/mol. The number of carbonyl (C=O) groups excluding carboxylic acids is 4. The molecule has 17 nitrogen and oxygen atoms in total. The molecule has 0 aromatic heterocycles. The predicted octanol–water partition coefficient (Wildman–Crippen LogP) is 27.1. The van der Waals surface area contributed by atoms with Crippen LogP contribution in [0.15, 0.2) is 24.3 Å². The Morgan fingerprint density at radius 1 is 0.287 bits per heavy atom. The predicted molar refractivity (Wildman–Crippen MR) is 446 cm³/mol. The molecule has 0 aliphatic heterocycles. The molecule has 0 aliphatic rings. The van der Waals surface area contributed by atoms with Gasteiger partial charge in [-0.3, -0.25) is 37.3 Å². The summed E-state index contributed by atoms with van der Waals surface area (Å²) >= 11 is 0. The van der Waals surface area contributed by atoms with Crippen molar-refractivity contribution in [1.82, 2.24) is 0 Å². The molecule has 0 aromatic rings. The maximum absolute atomic E-state index is 13.2. The maximum Gasteiger partial charge on any atom is 0.472 e. The maximum atomic E-state index is 13.2. The van der Waals surface area contributed by atoms with Crippen molar-refractivity contribution in [3.63, 3.8) is 0 Å². The van der Waals surface area contributed by atoms with E-state index in [4.69, 9.17) is 37.0 Å². The van der Waals surface area contributed by atoms with Crippen LogP contribution >= 0.6 is 15.6 Å². The first-order valence-electron chi connectivity index (χ1n) is 45.5. The molecule has 0 radical (unpaired) electrons. The lowest BCUT2D eigenvalue weighted by Crippen LogP contribution is -2.30. The van der Waals surface area contributed by atoms with Gasteiger partial charge in [-0.25, -0.2) is 9.13 Å². The van der Waals surface area contributed by atoms with E-state index in [0.29, 0.717) is 25.7 Å². The molecule has 0 saturated heterocycles. The molecule has 3 N–H and O–H groups in total. The van der Waals surface area contributed by atoms with E-state index in [0.717, 1.165) is 109 Å². The zero-order valence-electron chi connectivity index (χ0n) is 70.5. The van der Waals surface area contributed by atoms with Crippen LogP contribution < -0.4 is 0 Å². The van der Waals surface area contributed by atoms with E-state index in [1.165, 1.54) is 270 Å². The summed E-state index contributed by atoms with van der Waals surface area (Å²) in [5.41, 5.74) is 0. The summed E-state index contributed by atoms with van der Waals surface area (Å²) in [5.74, 6) is -1.32. The second-order valence-corrected chi connectivity index (χ2v) is 34.7. The molecular formula is C89H170O17P2. The van der Waals surface area contributed by atoms with E-state index >= 15 is 0 Å². The molecule has 0 bridgehead atoms. The average molecular weight is 1570 g/mol. The van der Waals surface area contributed by atoms with Crippen molar-refractivity contribution in [3.05, 3.63) is 24.3 Å². The summed E-state index contributed by atoms with van der Waals surface area (Å²) in [6.07, 6.45) is 78.6. The van der Waals surface area contributed by atoms with Gasteiger partial charge in [0.1, 0.15) is 19.3 Å². The van der Waals surface area contributed by atoms with Gasteiger partial charge in [-0.1, -0.05) is 406 Å². The molecule has 0 rings (SSSR count). The number of phosphoric acid groups is 2. The lowest BCUT2D eigenvalue weighted by atomic mass is 10.0. The Hall–Kier alpha value is -2.46. The lowest BCUT2D eigenvalue weighted by Gasteiger charge is -2.21. The van der Waals surface area contributed by atoms with Gasteiger partial charge in [0.2, 0.25) is 0 Å². The third-order valence-electron chi connectivity index (χ3n) is 20.4. The van der Waals surface area contributed by atoms with Crippen molar-refractivity contribution in [2.24, 2.45) is 5.92 Å². The number of aliphatic hydroxyl groups excluding tert-OH is 1. The van der Waals surface area contributed by atoms with Gasteiger partial charge in [-0.2, -0.15) is 0 Å². The van der Waals surface area contributed by atoms with Crippen LogP contribution in [0.5, 0.6) is 0 Å². The Bertz CT molecular complexity index is 2140. The second kappa shape index (κ2) is 81.1. The molecule has 0 aromatic carbocycles. The molecule has 0 fully saturated rings. The highest BCUT2D eigenvalue weighted by Crippen LogP contribution is 2.45. The van der Waals surface area contributed by atoms with Crippen LogP contribution in [0.4, 0.5) is 0 Å². The number of hydrogen-bond acceptors (Lipinski definition) is 15. The summed E-state index contributed by atoms with van der Waals surface area (Å²) in [6.45, 7) is 7.34. The third-order valence-corrected chi connectivity index (χ3v) is 22.3. The standard InChI is InChI=1S/C89H170O17P2/c1-6-9-12-15-18-21-24-27-29-30-31-32-33-34-35-39-45-50-55-60-65-70-75-89(94)106-85(79-100-87(92)73-68-63-58-53-48-43-40-36-38-42-46-51-56-61-66-71-82(4)5)81-104-108(97,98)102-77-83(90)76-101-107(95,96)103-80-84(78-99-86(91)72-67-62-57-52-47-41-26-23-20-17-14-11-8-3)105-88(93)74-69-64-59-54-49-44-37-28-25-22-19-16-13-10-7-2/h22,25,28,37,82-85,90H,6-21,23-24,26-27,29-36,38-81H2,1-5H3,(H,95,96)(H,97,98)/b25-22-,37-28-/t83-,84+,85+/m0/s1. The smallest absolute Gasteiger partial charge is 0.462 e. The zero-order valence-corrected chi connectivity index (χ0v) is 72.3. The molecule has 2 unspecified atom stereocenters. The molecule has 108 heavy (non-hydrogen) atoms. The number of aliphatic hydroxyl groups is 1. The van der Waals surface area contributed by atoms with Crippen LogP contribution in [0, 0.1) is 5.92 Å². The largest absolute Gasteiger partial charge is 0.472 e. The highest BCUT2D eigenvalue weighted by Gasteiger charge is 2.30. The molecule has 5 atom stereocenters. The number of ether oxygens (including phenoxy) is 4. The number of esters is 4. The van der Waals surface area contributed by atoms with Crippen molar-refractivity contribution in [2.75, 3.05) is 39.6 Å². The van der Waals surface area contributed by atoms with Gasteiger partial charge in [0, 0.05) is 25.7 Å². The van der Waals surface area contributed by atoms with Gasteiger partial charge >= 0.3 is 39.5 Å². The number of phosphoric ester groups is 2. The zero-order chi connectivity index (χ0) is 79.0. The fourth-order valence-corrected chi connectivity index (χ4v) is 15.0. The topological polar surface area (TPSA) is 237 Å². The molecule has 0 saturated carbocycles. The molecule has 19 heteroatoms. The first-order valence-corrected chi connectivity index (χ1v) is 48.4. The van der Waals surface area contributed by atoms with E-state index in [1.807, 2.05) is 0 Å². The van der Waals surface area contributed by atoms with Crippen LogP contribution in [0.25, 0.3) is 0 Å². The number of unbranched alkanes of at least 4 members (excludes halogenated alkanes) is 56. The Morgan fingerprint density at radius 3 is 0.759 bits per heavy atom. The van der Waals surface area contributed by atoms with E-state index in [-0.39, 0.29) is 25.7 Å². The molecule has 0 amide bonds. The van der Waals surface area contributed by atoms with Crippen LogP contribution in [0.2, 0.25) is 0 Å². The van der Waals surface area contributed by atoms with Gasteiger partial charge in [-0.15, -0.1) is 0 Å². The van der Waals surface area contributed by atoms with E-state index in [9.17, 15) is 43.2 Å². The van der Waals surface area contributed by atoms with E-state index < -0.39 is 97.5 Å². The number of rotatable bonds is 87. The van der Waals surface area contributed by atoms with Gasteiger partial charge in [0.05, 0.1) is 26.4 Å². The summed E-state index contributed by atoms with van der Waals surface area (Å²) in [6, 6.07) is 0. The van der Waals surface area contributed by atoms with Gasteiger partial charge in [0.15, 0.2) is 12.2 Å². The SMILES string of the molecule is CCCCCC/C=C\C=C/CCCCCCCC(=O)O[C@H](COC(=O)CCCCCCCCCCCCCCC)COP(=O)(O)OC[C@H](O)COP(=O)(O)OC[C@@H](COC(=O)CCCCCCCCCCCCCCCCCC(C)C)OC(=O)CCCCCCCCCCCCCCCCCCCCCCCC. The van der Waals surface area contributed by atoms with Crippen molar-refractivity contribution in [1.29, 1.82) is 0 Å². The fourth-order valence-electron chi connectivity index (χ4n) is 13.5. The van der Waals surface area contributed by atoms with Crippen LogP contribution in [-0.2, 0) is 65.4 Å². The average Bonchev–Trinajstić information content (AvgIpc) is 0.899. The van der Waals surface area contributed by atoms with Crippen molar-refractivity contribution >= 4 is 39.5 Å². The Labute approximate surface area is 663 Å². The Balaban J connectivity index is 5.27. The van der Waals surface area contributed by atoms with Gasteiger partial charge < -0.3 is 33.8 Å². The lowest BCUT2D eigenvalue weighted by molar-refractivity contribution is -0.161. The number of hydrogen-bond donors (Lipinski definition) is 3. The minimum Gasteiger partial charge on any atom is -0.462 e. The first-order chi connectivity index (χ1) is 52.5. The third kappa shape index (κ3) is 81.6.